The van der Waals surface area contributed by atoms with Crippen molar-refractivity contribution in [2.45, 2.75) is 66.3 Å². The van der Waals surface area contributed by atoms with Gasteiger partial charge in [0.15, 0.2) is 0 Å². The number of nitrogens with one attached hydrogen (secondary N) is 1. The van der Waals surface area contributed by atoms with Gasteiger partial charge in [-0.15, -0.1) is 13.2 Å². The lowest BCUT2D eigenvalue weighted by atomic mass is 9.70. The number of carbonyl (C=O) groups excluding carboxylic acids is 1. The summed E-state index contributed by atoms with van der Waals surface area (Å²) in [5.41, 5.74) is 9.42. The smallest absolute Gasteiger partial charge is 0.406 e. The highest BCUT2D eigenvalue weighted by Crippen LogP contribution is 2.46. The van der Waals surface area contributed by atoms with Crippen LogP contribution in [0.5, 0.6) is 5.75 Å². The van der Waals surface area contributed by atoms with Gasteiger partial charge in [0.2, 0.25) is 12.4 Å². The highest BCUT2D eigenvalue weighted by Gasteiger charge is 2.35. The number of ether oxygens (including phenoxy) is 1. The van der Waals surface area contributed by atoms with E-state index in [9.17, 15) is 13.2 Å². The van der Waals surface area contributed by atoms with Gasteiger partial charge < -0.3 is 20.4 Å². The van der Waals surface area contributed by atoms with Crippen molar-refractivity contribution in [2.24, 2.45) is 17.1 Å². The Bertz CT molecular complexity index is 1170. The number of alkyl halides is 3. The fraction of sp³-hybridized carbons (Fsp3) is 0.462. The molecule has 1 heterocycles. The minimum Gasteiger partial charge on any atom is -0.406 e. The molecule has 2 aromatic carbocycles. The van der Waals surface area contributed by atoms with Gasteiger partial charge in [0.05, 0.1) is 11.0 Å². The molecule has 1 aliphatic rings. The summed E-state index contributed by atoms with van der Waals surface area (Å²) < 4.78 is 43.7. The van der Waals surface area contributed by atoms with Crippen molar-refractivity contribution >= 4 is 29.1 Å². The molecule has 3 N–H and O–H groups in total. The molecule has 1 fully saturated rings. The molecule has 0 unspecified atom stereocenters. The van der Waals surface area contributed by atoms with Crippen LogP contribution in [0.15, 0.2) is 36.4 Å². The van der Waals surface area contributed by atoms with E-state index in [1.807, 2.05) is 0 Å². The van der Waals surface area contributed by atoms with Gasteiger partial charge in [-0.25, -0.2) is 4.98 Å². The number of carbonyl (C=O) groups is 1. The molecule has 4 rings (SSSR count). The van der Waals surface area contributed by atoms with Gasteiger partial charge in [0, 0.05) is 11.7 Å². The summed E-state index contributed by atoms with van der Waals surface area (Å²) in [4.78, 5) is 13.5. The maximum absolute atomic E-state index is 12.5. The maximum Gasteiger partial charge on any atom is 0.573 e. The van der Waals surface area contributed by atoms with Crippen LogP contribution in [0.4, 0.5) is 24.8 Å². The summed E-state index contributed by atoms with van der Waals surface area (Å²) in [6, 6.07) is 10.3. The minimum atomic E-state index is -4.71. The number of fused-ring (bicyclic) bond motifs is 1. The second-order valence-corrected chi connectivity index (χ2v) is 10.1. The van der Waals surface area contributed by atoms with Gasteiger partial charge in [0.1, 0.15) is 5.75 Å². The normalized spacial score (nSPS) is 19.5. The summed E-state index contributed by atoms with van der Waals surface area (Å²) in [5.74, 6) is 1.07. The molecule has 3 aromatic rings. The summed E-state index contributed by atoms with van der Waals surface area (Å²) in [5, 5.41) is 3.35. The molecular weight excluding hydrogens is 457 g/mol. The van der Waals surface area contributed by atoms with E-state index in [4.69, 9.17) is 9.78 Å². The number of rotatable bonds is 4. The molecule has 9 heteroatoms. The van der Waals surface area contributed by atoms with Gasteiger partial charge in [-0.1, -0.05) is 26.8 Å². The summed E-state index contributed by atoms with van der Waals surface area (Å²) in [6.07, 6.45) is -1.15. The number of hydrogen-bond acceptors (Lipinski definition) is 4. The Balaban J connectivity index is 0.00000108. The van der Waals surface area contributed by atoms with E-state index >= 15 is 0 Å². The number of hydrogen-bond donors (Lipinski definition) is 2. The number of nitrogens with two attached hydrogens (primary N) is 1. The van der Waals surface area contributed by atoms with Crippen molar-refractivity contribution in [1.29, 1.82) is 0 Å². The summed E-state index contributed by atoms with van der Waals surface area (Å²) in [7, 11) is 0. The number of primary amides is 1. The SMILES string of the molecule is Cc1ccc2c(nc(Nc3ccc(OC(F)(F)F)cc3)n2[C@H]2C[C@@H](C)CC(C)(C)C2)c1C.NC=O. The van der Waals surface area contributed by atoms with Crippen LogP contribution in [0, 0.1) is 25.2 Å². The lowest BCUT2D eigenvalue weighted by Crippen LogP contribution is -2.29. The van der Waals surface area contributed by atoms with E-state index in [1.165, 1.54) is 24.1 Å². The van der Waals surface area contributed by atoms with Crippen LogP contribution < -0.4 is 15.8 Å². The second-order valence-electron chi connectivity index (χ2n) is 10.1. The van der Waals surface area contributed by atoms with Crippen LogP contribution in [0.3, 0.4) is 0 Å². The minimum absolute atomic E-state index is 0.229. The standard InChI is InChI=1S/C25H30F3N3O.CH3NO/c1-15-12-19(14-24(4,5)13-15)31-21-11-6-16(2)17(3)22(21)30-23(31)29-18-7-9-20(10-8-18)32-25(26,27)28;2-1-3/h6-11,15,19H,12-14H2,1-5H3,(H,29,30);1H,(H2,2,3)/t15-,19+;/m1./s1. The molecule has 1 amide bonds. The first-order chi connectivity index (χ1) is 16.3. The Morgan fingerprint density at radius 3 is 2.34 bits per heavy atom. The molecule has 0 spiro atoms. The van der Waals surface area contributed by atoms with Crippen LogP contribution >= 0.6 is 0 Å². The van der Waals surface area contributed by atoms with E-state index in [-0.39, 0.29) is 23.6 Å². The predicted octanol–water partition coefficient (Wildman–Crippen LogP) is 6.78. The first-order valence-electron chi connectivity index (χ1n) is 11.6. The van der Waals surface area contributed by atoms with Gasteiger partial charge in [-0.3, -0.25) is 4.79 Å². The lowest BCUT2D eigenvalue weighted by Gasteiger charge is -2.40. The van der Waals surface area contributed by atoms with E-state index in [2.05, 4.69) is 67.1 Å². The zero-order valence-corrected chi connectivity index (χ0v) is 20.7. The lowest BCUT2D eigenvalue weighted by molar-refractivity contribution is -0.274. The largest absolute Gasteiger partial charge is 0.573 e. The number of imidazole rings is 1. The average Bonchev–Trinajstić information content (AvgIpc) is 3.09. The van der Waals surface area contributed by atoms with Gasteiger partial charge in [-0.05, 0) is 85.9 Å². The molecule has 0 saturated heterocycles. The molecule has 1 aromatic heterocycles. The third kappa shape index (κ3) is 6.46. The number of nitrogens with zero attached hydrogens (tertiary/aromatic N) is 2. The van der Waals surface area contributed by atoms with Crippen LogP contribution in [0.2, 0.25) is 0 Å². The monoisotopic (exact) mass is 490 g/mol. The number of aryl methyl sites for hydroxylation is 2. The number of aromatic nitrogens is 2. The third-order valence-corrected chi connectivity index (χ3v) is 6.46. The van der Waals surface area contributed by atoms with Crippen molar-refractivity contribution in [1.82, 2.24) is 9.55 Å². The van der Waals surface area contributed by atoms with Crippen LogP contribution in [-0.2, 0) is 4.79 Å². The van der Waals surface area contributed by atoms with Gasteiger partial charge in [-0.2, -0.15) is 0 Å². The number of anilines is 2. The molecule has 190 valence electrons. The van der Waals surface area contributed by atoms with E-state index in [0.29, 0.717) is 17.6 Å². The summed E-state index contributed by atoms with van der Waals surface area (Å²) in [6.45, 7) is 11.1. The first-order valence-corrected chi connectivity index (χ1v) is 11.6. The molecule has 1 aliphatic carbocycles. The first kappa shape index (κ1) is 26.4. The van der Waals surface area contributed by atoms with E-state index < -0.39 is 6.36 Å². The Labute approximate surface area is 203 Å². The van der Waals surface area contributed by atoms with Crippen molar-refractivity contribution in [3.05, 3.63) is 47.5 Å². The molecule has 0 radical (unpaired) electrons. The predicted molar refractivity (Wildman–Crippen MR) is 132 cm³/mol. The van der Waals surface area contributed by atoms with Crippen molar-refractivity contribution in [3.8, 4) is 5.75 Å². The third-order valence-electron chi connectivity index (χ3n) is 6.46. The molecule has 2 atom stereocenters. The van der Waals surface area contributed by atoms with E-state index in [0.717, 1.165) is 29.4 Å². The van der Waals surface area contributed by atoms with Crippen LogP contribution in [0.25, 0.3) is 11.0 Å². The van der Waals surface area contributed by atoms with Crippen molar-refractivity contribution < 1.29 is 22.7 Å². The zero-order chi connectivity index (χ0) is 26.0. The Kier molecular flexibility index (Phi) is 7.67. The summed E-state index contributed by atoms with van der Waals surface area (Å²) >= 11 is 0. The molecule has 6 nitrogen and oxygen atoms in total. The average molecular weight is 491 g/mol. The van der Waals surface area contributed by atoms with E-state index in [1.54, 1.807) is 12.1 Å². The zero-order valence-electron chi connectivity index (χ0n) is 20.7. The quantitative estimate of drug-likeness (QED) is 0.395. The van der Waals surface area contributed by atoms with Crippen LogP contribution in [0.1, 0.15) is 57.2 Å². The molecule has 0 bridgehead atoms. The fourth-order valence-corrected chi connectivity index (χ4v) is 5.22. The highest BCUT2D eigenvalue weighted by atomic mass is 19.4. The Hall–Kier alpha value is -3.23. The van der Waals surface area contributed by atoms with Gasteiger partial charge >= 0.3 is 6.36 Å². The number of amides is 1. The Morgan fingerprint density at radius 1 is 1.14 bits per heavy atom. The number of benzene rings is 2. The van der Waals surface area contributed by atoms with Gasteiger partial charge in [0.25, 0.3) is 0 Å². The molecule has 1 saturated carbocycles. The second kappa shape index (κ2) is 10.2. The number of halogens is 3. The fourth-order valence-electron chi connectivity index (χ4n) is 5.22. The Morgan fingerprint density at radius 2 is 1.77 bits per heavy atom. The van der Waals surface area contributed by atoms with Crippen molar-refractivity contribution in [3.63, 3.8) is 0 Å². The molecule has 35 heavy (non-hydrogen) atoms. The van der Waals surface area contributed by atoms with Crippen LogP contribution in [-0.4, -0.2) is 22.3 Å². The molecule has 0 aliphatic heterocycles. The highest BCUT2D eigenvalue weighted by molar-refractivity contribution is 5.84. The molecular formula is C26H33F3N4O2. The topological polar surface area (TPSA) is 82.2 Å². The van der Waals surface area contributed by atoms with Crippen molar-refractivity contribution in [2.75, 3.05) is 5.32 Å². The maximum atomic E-state index is 12.5.